The maximum Gasteiger partial charge on any atom is 0.255 e. The molecule has 2 N–H and O–H groups in total. The van der Waals surface area contributed by atoms with E-state index < -0.39 is 0 Å². The van der Waals surface area contributed by atoms with Gasteiger partial charge in [-0.15, -0.1) is 0 Å². The van der Waals surface area contributed by atoms with Crippen LogP contribution in [0.15, 0.2) is 53.3 Å². The normalized spacial score (nSPS) is 14.0. The lowest BCUT2D eigenvalue weighted by atomic mass is 10.1. The molecule has 5 nitrogen and oxygen atoms in total. The van der Waals surface area contributed by atoms with Gasteiger partial charge in [0.1, 0.15) is 0 Å². The summed E-state index contributed by atoms with van der Waals surface area (Å²) in [5.74, 6) is -0.180. The summed E-state index contributed by atoms with van der Waals surface area (Å²) >= 11 is 0. The lowest BCUT2D eigenvalue weighted by Crippen LogP contribution is -2.21. The zero-order chi connectivity index (χ0) is 18.1. The van der Waals surface area contributed by atoms with E-state index in [1.807, 2.05) is 37.3 Å². The Morgan fingerprint density at radius 1 is 1.08 bits per heavy atom. The minimum Gasteiger partial charge on any atom is -0.370 e. The van der Waals surface area contributed by atoms with Crippen molar-refractivity contribution in [1.29, 1.82) is 0 Å². The number of rotatable bonds is 3. The number of fused-ring (bicyclic) bond motifs is 1. The SMILES string of the molecule is Cc1cc(=O)[nH]c2cc(C(=O)Nc3ccccc3N3CCCC3)ccc12. The van der Waals surface area contributed by atoms with Crippen LogP contribution >= 0.6 is 0 Å². The summed E-state index contributed by atoms with van der Waals surface area (Å²) < 4.78 is 0. The van der Waals surface area contributed by atoms with Gasteiger partial charge in [0, 0.05) is 35.6 Å². The number of nitrogens with one attached hydrogen (secondary N) is 2. The number of pyridine rings is 1. The summed E-state index contributed by atoms with van der Waals surface area (Å²) in [4.78, 5) is 29.6. The lowest BCUT2D eigenvalue weighted by Gasteiger charge is -2.21. The Balaban J connectivity index is 1.65. The molecule has 0 spiro atoms. The van der Waals surface area contributed by atoms with Crippen LogP contribution in [0.2, 0.25) is 0 Å². The molecule has 0 radical (unpaired) electrons. The first-order valence-electron chi connectivity index (χ1n) is 8.91. The number of aromatic nitrogens is 1. The smallest absolute Gasteiger partial charge is 0.255 e. The number of para-hydroxylation sites is 2. The van der Waals surface area contributed by atoms with Crippen LogP contribution in [0.5, 0.6) is 0 Å². The van der Waals surface area contributed by atoms with Crippen molar-refractivity contribution in [2.75, 3.05) is 23.3 Å². The Bertz CT molecular complexity index is 1030. The molecule has 0 atom stereocenters. The number of aryl methyl sites for hydroxylation is 1. The molecule has 132 valence electrons. The topological polar surface area (TPSA) is 65.2 Å². The minimum atomic E-state index is -0.180. The molecule has 2 heterocycles. The number of H-pyrrole nitrogens is 1. The highest BCUT2D eigenvalue weighted by Crippen LogP contribution is 2.29. The van der Waals surface area contributed by atoms with Crippen molar-refractivity contribution < 1.29 is 4.79 Å². The van der Waals surface area contributed by atoms with Crippen molar-refractivity contribution in [1.82, 2.24) is 4.98 Å². The van der Waals surface area contributed by atoms with E-state index in [1.165, 1.54) is 12.8 Å². The van der Waals surface area contributed by atoms with E-state index in [-0.39, 0.29) is 11.5 Å². The maximum absolute atomic E-state index is 12.8. The fourth-order valence-corrected chi connectivity index (χ4v) is 3.58. The molecule has 0 aliphatic carbocycles. The van der Waals surface area contributed by atoms with E-state index in [1.54, 1.807) is 18.2 Å². The number of carbonyl (C=O) groups is 1. The highest BCUT2D eigenvalue weighted by Gasteiger charge is 2.17. The van der Waals surface area contributed by atoms with Crippen molar-refractivity contribution >= 4 is 28.2 Å². The first kappa shape index (κ1) is 16.4. The molecular formula is C21H21N3O2. The minimum absolute atomic E-state index is 0.160. The highest BCUT2D eigenvalue weighted by molar-refractivity contribution is 6.07. The first-order valence-corrected chi connectivity index (χ1v) is 8.91. The number of amides is 1. The molecule has 0 unspecified atom stereocenters. The van der Waals surface area contributed by atoms with Gasteiger partial charge in [-0.1, -0.05) is 18.2 Å². The van der Waals surface area contributed by atoms with Crippen LogP contribution in [-0.2, 0) is 0 Å². The van der Waals surface area contributed by atoms with Crippen LogP contribution in [0, 0.1) is 6.92 Å². The van der Waals surface area contributed by atoms with Crippen molar-refractivity contribution in [3.63, 3.8) is 0 Å². The van der Waals surface area contributed by atoms with Crippen LogP contribution in [0.1, 0.15) is 28.8 Å². The van der Waals surface area contributed by atoms with Gasteiger partial charge in [-0.25, -0.2) is 0 Å². The number of benzene rings is 2. The molecule has 5 heteroatoms. The van der Waals surface area contributed by atoms with Crippen molar-refractivity contribution in [3.05, 3.63) is 70.0 Å². The third-order valence-electron chi connectivity index (χ3n) is 4.91. The van der Waals surface area contributed by atoms with Crippen molar-refractivity contribution in [2.45, 2.75) is 19.8 Å². The first-order chi connectivity index (χ1) is 12.6. The van der Waals surface area contributed by atoms with Crippen LogP contribution < -0.4 is 15.8 Å². The van der Waals surface area contributed by atoms with Crippen molar-refractivity contribution in [3.8, 4) is 0 Å². The van der Waals surface area contributed by atoms with E-state index in [2.05, 4.69) is 15.2 Å². The molecule has 0 saturated carbocycles. The summed E-state index contributed by atoms with van der Waals surface area (Å²) in [6, 6.07) is 14.9. The van der Waals surface area contributed by atoms with Gasteiger partial charge in [-0.3, -0.25) is 9.59 Å². The van der Waals surface area contributed by atoms with E-state index >= 15 is 0 Å². The summed E-state index contributed by atoms with van der Waals surface area (Å²) in [7, 11) is 0. The van der Waals surface area contributed by atoms with Crippen LogP contribution in [0.4, 0.5) is 11.4 Å². The number of hydrogen-bond donors (Lipinski definition) is 2. The molecule has 0 bridgehead atoms. The predicted octanol–water partition coefficient (Wildman–Crippen LogP) is 3.69. The predicted molar refractivity (Wildman–Crippen MR) is 105 cm³/mol. The van der Waals surface area contributed by atoms with Gasteiger partial charge in [-0.2, -0.15) is 0 Å². The average molecular weight is 347 g/mol. The van der Waals surface area contributed by atoms with E-state index in [0.29, 0.717) is 11.1 Å². The zero-order valence-electron chi connectivity index (χ0n) is 14.7. The lowest BCUT2D eigenvalue weighted by molar-refractivity contribution is 0.102. The second kappa shape index (κ2) is 6.67. The van der Waals surface area contributed by atoms with Gasteiger partial charge >= 0.3 is 0 Å². The van der Waals surface area contributed by atoms with E-state index in [4.69, 9.17) is 0 Å². The fraction of sp³-hybridized carbons (Fsp3) is 0.238. The molecule has 1 fully saturated rings. The number of nitrogens with zero attached hydrogens (tertiary/aromatic N) is 1. The maximum atomic E-state index is 12.8. The number of anilines is 2. The Morgan fingerprint density at radius 2 is 1.85 bits per heavy atom. The number of aromatic amines is 1. The largest absolute Gasteiger partial charge is 0.370 e. The third kappa shape index (κ3) is 3.08. The quantitative estimate of drug-likeness (QED) is 0.759. The van der Waals surface area contributed by atoms with Gasteiger partial charge in [0.25, 0.3) is 5.91 Å². The second-order valence-electron chi connectivity index (χ2n) is 6.74. The molecule has 2 aromatic carbocycles. The Morgan fingerprint density at radius 3 is 2.65 bits per heavy atom. The molecule has 1 saturated heterocycles. The molecule has 1 aliphatic rings. The molecule has 1 aliphatic heterocycles. The second-order valence-corrected chi connectivity index (χ2v) is 6.74. The zero-order valence-corrected chi connectivity index (χ0v) is 14.7. The summed E-state index contributed by atoms with van der Waals surface area (Å²) in [5.41, 5.74) is 3.81. The average Bonchev–Trinajstić information content (AvgIpc) is 3.16. The summed E-state index contributed by atoms with van der Waals surface area (Å²) in [5, 5.41) is 3.97. The summed E-state index contributed by atoms with van der Waals surface area (Å²) in [6.07, 6.45) is 2.36. The molecule has 4 rings (SSSR count). The van der Waals surface area contributed by atoms with Crippen LogP contribution in [0.3, 0.4) is 0 Å². The Kier molecular flexibility index (Phi) is 4.21. The van der Waals surface area contributed by atoms with Crippen LogP contribution in [-0.4, -0.2) is 24.0 Å². The molecule has 1 aromatic heterocycles. The monoisotopic (exact) mass is 347 g/mol. The van der Waals surface area contributed by atoms with Crippen molar-refractivity contribution in [2.24, 2.45) is 0 Å². The fourth-order valence-electron chi connectivity index (χ4n) is 3.58. The van der Waals surface area contributed by atoms with Gasteiger partial charge in [0.05, 0.1) is 11.4 Å². The van der Waals surface area contributed by atoms with Crippen LogP contribution in [0.25, 0.3) is 10.9 Å². The van der Waals surface area contributed by atoms with E-state index in [9.17, 15) is 9.59 Å². The van der Waals surface area contributed by atoms with Gasteiger partial charge < -0.3 is 15.2 Å². The Hall–Kier alpha value is -3.08. The summed E-state index contributed by atoms with van der Waals surface area (Å²) in [6.45, 7) is 3.93. The van der Waals surface area contributed by atoms with E-state index in [0.717, 1.165) is 35.4 Å². The standard InChI is InChI=1S/C21H21N3O2/c1-14-12-20(25)22-18-13-15(8-9-16(14)18)21(26)23-17-6-2-3-7-19(17)24-10-4-5-11-24/h2-3,6-9,12-13H,4-5,10-11H2,1H3,(H,22,25)(H,23,26). The Labute approximate surface area is 151 Å². The molecule has 3 aromatic rings. The molecular weight excluding hydrogens is 326 g/mol. The third-order valence-corrected chi connectivity index (χ3v) is 4.91. The molecule has 26 heavy (non-hydrogen) atoms. The number of carbonyl (C=O) groups excluding carboxylic acids is 1. The van der Waals surface area contributed by atoms with Gasteiger partial charge in [0.2, 0.25) is 5.56 Å². The number of hydrogen-bond acceptors (Lipinski definition) is 3. The molecule has 1 amide bonds. The van der Waals surface area contributed by atoms with Gasteiger partial charge in [-0.05, 0) is 49.6 Å². The highest BCUT2D eigenvalue weighted by atomic mass is 16.1. The van der Waals surface area contributed by atoms with Gasteiger partial charge in [0.15, 0.2) is 0 Å².